The zero-order valence-electron chi connectivity index (χ0n) is 13.4. The van der Waals surface area contributed by atoms with E-state index in [0.717, 1.165) is 50.3 Å². The Hall–Kier alpha value is -1.59. The molecule has 2 N–H and O–H groups in total. The number of para-hydroxylation sites is 2. The number of likely N-dealkylation sites (tertiary alicyclic amines) is 1. The number of carbonyl (C=O) groups is 1. The van der Waals surface area contributed by atoms with Gasteiger partial charge in [-0.05, 0) is 38.3 Å². The zero-order chi connectivity index (χ0) is 15.6. The molecule has 1 aromatic carbocycles. The minimum Gasteiger partial charge on any atom is -0.385 e. The topological polar surface area (TPSA) is 53.6 Å². The molecule has 5 heteroatoms. The maximum absolute atomic E-state index is 12.6. The van der Waals surface area contributed by atoms with E-state index in [2.05, 4.69) is 22.5 Å². The largest absolute Gasteiger partial charge is 0.385 e. The number of methoxy groups -OCH3 is 1. The number of amides is 1. The summed E-state index contributed by atoms with van der Waals surface area (Å²) in [4.78, 5) is 15.0. The molecule has 1 spiro atoms. The number of nitrogens with zero attached hydrogens (tertiary/aromatic N) is 1. The molecular weight excluding hydrogens is 278 g/mol. The maximum atomic E-state index is 12.6. The first-order valence-electron chi connectivity index (χ1n) is 8.06. The van der Waals surface area contributed by atoms with Crippen molar-refractivity contribution in [1.29, 1.82) is 0 Å². The summed E-state index contributed by atoms with van der Waals surface area (Å²) < 4.78 is 5.17. The van der Waals surface area contributed by atoms with Crippen LogP contribution in [0.5, 0.6) is 0 Å². The van der Waals surface area contributed by atoms with E-state index in [1.165, 1.54) is 0 Å². The van der Waals surface area contributed by atoms with Gasteiger partial charge in [0, 0.05) is 32.8 Å². The van der Waals surface area contributed by atoms with Crippen molar-refractivity contribution in [2.75, 3.05) is 37.4 Å². The van der Waals surface area contributed by atoms with Gasteiger partial charge >= 0.3 is 0 Å². The number of rotatable bonds is 4. The van der Waals surface area contributed by atoms with Crippen LogP contribution in [0.2, 0.25) is 0 Å². The fourth-order valence-corrected chi connectivity index (χ4v) is 3.43. The number of benzene rings is 1. The summed E-state index contributed by atoms with van der Waals surface area (Å²) in [6.07, 6.45) is 2.71. The van der Waals surface area contributed by atoms with E-state index >= 15 is 0 Å². The number of ether oxygens (including phenoxy) is 1. The molecule has 1 atom stereocenters. The molecular formula is C17H25N3O2. The van der Waals surface area contributed by atoms with Gasteiger partial charge < -0.3 is 20.3 Å². The molecule has 2 aliphatic rings. The number of carbonyl (C=O) groups excluding carboxylic acids is 1. The van der Waals surface area contributed by atoms with E-state index in [1.54, 1.807) is 7.11 Å². The minimum atomic E-state index is -0.453. The third-order valence-corrected chi connectivity index (χ3v) is 5.00. The van der Waals surface area contributed by atoms with Gasteiger partial charge in [0.25, 0.3) is 0 Å². The molecule has 120 valence electrons. The summed E-state index contributed by atoms with van der Waals surface area (Å²) in [6.45, 7) is 4.90. The molecule has 0 saturated carbocycles. The van der Waals surface area contributed by atoms with Gasteiger partial charge in [-0.25, -0.2) is 0 Å². The summed E-state index contributed by atoms with van der Waals surface area (Å²) in [7, 11) is 1.74. The summed E-state index contributed by atoms with van der Waals surface area (Å²) in [5.41, 5.74) is 1.46. The third-order valence-electron chi connectivity index (χ3n) is 5.00. The quantitative estimate of drug-likeness (QED) is 0.896. The molecule has 2 aliphatic heterocycles. The van der Waals surface area contributed by atoms with E-state index in [4.69, 9.17) is 4.74 Å². The van der Waals surface area contributed by atoms with Gasteiger partial charge in [-0.3, -0.25) is 4.79 Å². The number of hydrogen-bond donors (Lipinski definition) is 2. The van der Waals surface area contributed by atoms with Crippen molar-refractivity contribution in [3.05, 3.63) is 24.3 Å². The van der Waals surface area contributed by atoms with Crippen molar-refractivity contribution in [2.24, 2.45) is 0 Å². The van der Waals surface area contributed by atoms with Crippen LogP contribution in [-0.4, -0.2) is 49.2 Å². The summed E-state index contributed by atoms with van der Waals surface area (Å²) in [5.74, 6) is 0.107. The predicted molar refractivity (Wildman–Crippen MR) is 88.2 cm³/mol. The van der Waals surface area contributed by atoms with E-state index in [0.29, 0.717) is 6.04 Å². The molecule has 0 bridgehead atoms. The Morgan fingerprint density at radius 2 is 1.95 bits per heavy atom. The smallest absolute Gasteiger partial charge is 0.250 e. The number of hydrogen-bond acceptors (Lipinski definition) is 4. The highest BCUT2D eigenvalue weighted by atomic mass is 16.5. The van der Waals surface area contributed by atoms with Crippen molar-refractivity contribution >= 4 is 17.3 Å². The number of piperidine rings is 1. The lowest BCUT2D eigenvalue weighted by Crippen LogP contribution is -2.59. The number of anilines is 2. The molecule has 1 aromatic rings. The van der Waals surface area contributed by atoms with E-state index in [1.807, 2.05) is 24.3 Å². The van der Waals surface area contributed by atoms with Crippen LogP contribution in [0.3, 0.4) is 0 Å². The molecule has 1 amide bonds. The molecule has 1 fully saturated rings. The highest BCUT2D eigenvalue weighted by Crippen LogP contribution is 2.36. The van der Waals surface area contributed by atoms with Crippen LogP contribution in [0.25, 0.3) is 0 Å². The van der Waals surface area contributed by atoms with Gasteiger partial charge in [-0.1, -0.05) is 12.1 Å². The Balaban J connectivity index is 1.66. The lowest BCUT2D eigenvalue weighted by molar-refractivity contribution is -0.122. The molecule has 1 saturated heterocycles. The summed E-state index contributed by atoms with van der Waals surface area (Å²) in [6, 6.07) is 8.41. The number of fused-ring (bicyclic) bond motifs is 1. The maximum Gasteiger partial charge on any atom is 0.250 e. The fourth-order valence-electron chi connectivity index (χ4n) is 3.43. The first kappa shape index (κ1) is 15.3. The van der Waals surface area contributed by atoms with E-state index in [-0.39, 0.29) is 5.91 Å². The lowest BCUT2D eigenvalue weighted by atomic mass is 9.84. The van der Waals surface area contributed by atoms with Gasteiger partial charge in [-0.2, -0.15) is 0 Å². The van der Waals surface area contributed by atoms with Crippen LogP contribution in [0, 0.1) is 0 Å². The molecule has 1 unspecified atom stereocenters. The molecule has 2 heterocycles. The van der Waals surface area contributed by atoms with Crippen molar-refractivity contribution < 1.29 is 9.53 Å². The molecule has 0 aromatic heterocycles. The monoisotopic (exact) mass is 303 g/mol. The van der Waals surface area contributed by atoms with Crippen molar-refractivity contribution in [3.8, 4) is 0 Å². The van der Waals surface area contributed by atoms with Crippen LogP contribution >= 0.6 is 0 Å². The van der Waals surface area contributed by atoms with Crippen molar-refractivity contribution in [3.63, 3.8) is 0 Å². The number of nitrogens with one attached hydrogen (secondary N) is 2. The summed E-state index contributed by atoms with van der Waals surface area (Å²) >= 11 is 0. The van der Waals surface area contributed by atoms with Crippen LogP contribution in [0.4, 0.5) is 11.4 Å². The second kappa shape index (κ2) is 6.26. The van der Waals surface area contributed by atoms with E-state index in [9.17, 15) is 4.79 Å². The highest BCUT2D eigenvalue weighted by molar-refractivity contribution is 6.06. The van der Waals surface area contributed by atoms with Gasteiger partial charge in [-0.15, -0.1) is 0 Å². The third kappa shape index (κ3) is 2.83. The highest BCUT2D eigenvalue weighted by Gasteiger charge is 2.44. The SMILES string of the molecule is COCCC(C)N1CCC2(CC1)Nc1ccccc1NC2=O. The fraction of sp³-hybridized carbons (Fsp3) is 0.588. The van der Waals surface area contributed by atoms with Crippen LogP contribution in [0.1, 0.15) is 26.2 Å². The van der Waals surface area contributed by atoms with Crippen LogP contribution < -0.4 is 10.6 Å². The van der Waals surface area contributed by atoms with Crippen molar-refractivity contribution in [2.45, 2.75) is 37.8 Å². The zero-order valence-corrected chi connectivity index (χ0v) is 13.4. The van der Waals surface area contributed by atoms with Gasteiger partial charge in [0.1, 0.15) is 5.54 Å². The van der Waals surface area contributed by atoms with Crippen LogP contribution in [-0.2, 0) is 9.53 Å². The minimum absolute atomic E-state index is 0.107. The molecule has 22 heavy (non-hydrogen) atoms. The van der Waals surface area contributed by atoms with Gasteiger partial charge in [0.05, 0.1) is 11.4 Å². The standard InChI is InChI=1S/C17H25N3O2/c1-13(7-12-22-2)20-10-8-17(9-11-20)16(21)18-14-5-3-4-6-15(14)19-17/h3-6,13,19H,7-12H2,1-2H3,(H,18,21). The average Bonchev–Trinajstić information content (AvgIpc) is 2.54. The Morgan fingerprint density at radius 1 is 1.27 bits per heavy atom. The Labute approximate surface area is 132 Å². The van der Waals surface area contributed by atoms with E-state index < -0.39 is 5.54 Å². The molecule has 5 nitrogen and oxygen atoms in total. The summed E-state index contributed by atoms with van der Waals surface area (Å²) in [5, 5.41) is 6.56. The second-order valence-corrected chi connectivity index (χ2v) is 6.37. The van der Waals surface area contributed by atoms with Crippen LogP contribution in [0.15, 0.2) is 24.3 Å². The molecule has 3 rings (SSSR count). The lowest BCUT2D eigenvalue weighted by Gasteiger charge is -2.45. The molecule has 0 aliphatic carbocycles. The Bertz CT molecular complexity index is 538. The Kier molecular flexibility index (Phi) is 4.36. The van der Waals surface area contributed by atoms with Gasteiger partial charge in [0.15, 0.2) is 0 Å². The Morgan fingerprint density at radius 3 is 2.64 bits per heavy atom. The van der Waals surface area contributed by atoms with Crippen molar-refractivity contribution in [1.82, 2.24) is 4.90 Å². The van der Waals surface area contributed by atoms with Gasteiger partial charge in [0.2, 0.25) is 5.91 Å². The second-order valence-electron chi connectivity index (χ2n) is 6.37. The first-order chi connectivity index (χ1) is 10.6. The average molecular weight is 303 g/mol. The normalized spacial score (nSPS) is 21.8. The first-order valence-corrected chi connectivity index (χ1v) is 8.06. The molecule has 0 radical (unpaired) electrons. The predicted octanol–water partition coefficient (Wildman–Crippen LogP) is 2.31.